The van der Waals surface area contributed by atoms with Gasteiger partial charge in [-0.2, -0.15) is 0 Å². The first-order valence-electron chi connectivity index (χ1n) is 4.66. The van der Waals surface area contributed by atoms with Gasteiger partial charge in [0.05, 0.1) is 5.56 Å². The van der Waals surface area contributed by atoms with E-state index in [1.54, 1.807) is 0 Å². The van der Waals surface area contributed by atoms with Crippen LogP contribution < -0.4 is 5.32 Å². The summed E-state index contributed by atoms with van der Waals surface area (Å²) in [6.45, 7) is 0.893. The molecule has 1 aliphatic rings. The Morgan fingerprint density at radius 1 is 1.13 bits per heavy atom. The molecule has 1 atom stereocenters. The maximum absolute atomic E-state index is 9.57. The molecule has 0 radical (unpaired) electrons. The zero-order valence-corrected chi connectivity index (χ0v) is 8.92. The molecule has 1 heterocycles. The normalized spacial score (nSPS) is 19.9. The van der Waals surface area contributed by atoms with Gasteiger partial charge in [0, 0.05) is 18.2 Å². The molecule has 0 aromatic heterocycles. The lowest BCUT2D eigenvalue weighted by molar-refractivity contribution is 0.408. The van der Waals surface area contributed by atoms with Gasteiger partial charge in [-0.3, -0.25) is 0 Å². The Hall–Kier alpha value is -1.13. The molecule has 84 valence electrons. The highest BCUT2D eigenvalue weighted by Gasteiger charge is 2.23. The maximum Gasteiger partial charge on any atom is 0.127 e. The second-order valence-electron chi connectivity index (χ2n) is 3.55. The summed E-state index contributed by atoms with van der Waals surface area (Å²) in [5, 5.41) is 31.4. The quantitative estimate of drug-likeness (QED) is 0.593. The minimum absolute atomic E-state index is 0. The minimum Gasteiger partial charge on any atom is -0.508 e. The Morgan fingerprint density at radius 3 is 2.20 bits per heavy atom. The van der Waals surface area contributed by atoms with E-state index in [-0.39, 0.29) is 35.7 Å². The average Bonchev–Trinajstić information content (AvgIpc) is 2.54. The first-order valence-corrected chi connectivity index (χ1v) is 4.66. The van der Waals surface area contributed by atoms with Crippen LogP contribution in [0.3, 0.4) is 0 Å². The predicted octanol–water partition coefficient (Wildman–Crippen LogP) is 1.65. The molecule has 0 amide bonds. The van der Waals surface area contributed by atoms with Crippen LogP contribution in [0, 0.1) is 0 Å². The van der Waals surface area contributed by atoms with Crippen molar-refractivity contribution in [2.24, 2.45) is 0 Å². The number of hydrogen-bond acceptors (Lipinski definition) is 4. The number of hydrogen-bond donors (Lipinski definition) is 4. The number of halogens is 1. The van der Waals surface area contributed by atoms with Gasteiger partial charge in [0.1, 0.15) is 17.2 Å². The van der Waals surface area contributed by atoms with E-state index in [0.717, 1.165) is 19.4 Å². The number of phenols is 3. The van der Waals surface area contributed by atoms with E-state index in [2.05, 4.69) is 5.32 Å². The Balaban J connectivity index is 0.00000112. The standard InChI is InChI=1S/C10H13NO3.ClH/c12-6-4-8(13)10(9(14)5-6)7-2-1-3-11-7;/h4-5,7,11-14H,1-3H2;1H/t7-;/m0./s1. The molecule has 1 saturated heterocycles. The molecule has 0 unspecified atom stereocenters. The SMILES string of the molecule is Cl.Oc1cc(O)c([C@@H]2CCCN2)c(O)c1. The zero-order chi connectivity index (χ0) is 10.1. The zero-order valence-electron chi connectivity index (χ0n) is 8.10. The van der Waals surface area contributed by atoms with Crippen molar-refractivity contribution in [3.05, 3.63) is 17.7 Å². The fourth-order valence-electron chi connectivity index (χ4n) is 1.90. The number of aromatic hydroxyl groups is 3. The molecule has 0 bridgehead atoms. The first kappa shape index (κ1) is 11.9. The molecule has 1 aliphatic heterocycles. The van der Waals surface area contributed by atoms with Crippen LogP contribution in [0.1, 0.15) is 24.4 Å². The summed E-state index contributed by atoms with van der Waals surface area (Å²) >= 11 is 0. The number of rotatable bonds is 1. The van der Waals surface area contributed by atoms with Crippen molar-refractivity contribution in [2.45, 2.75) is 18.9 Å². The molecule has 5 heteroatoms. The van der Waals surface area contributed by atoms with E-state index in [9.17, 15) is 10.2 Å². The Labute approximate surface area is 94.0 Å². The van der Waals surface area contributed by atoms with Crippen LogP contribution >= 0.6 is 12.4 Å². The molecule has 0 aliphatic carbocycles. The van der Waals surface area contributed by atoms with Crippen molar-refractivity contribution >= 4 is 12.4 Å². The van der Waals surface area contributed by atoms with Gasteiger partial charge in [-0.1, -0.05) is 0 Å². The van der Waals surface area contributed by atoms with Crippen LogP contribution in [0.2, 0.25) is 0 Å². The fraction of sp³-hybridized carbons (Fsp3) is 0.400. The van der Waals surface area contributed by atoms with E-state index in [4.69, 9.17) is 5.11 Å². The lowest BCUT2D eigenvalue weighted by Gasteiger charge is -2.14. The Morgan fingerprint density at radius 2 is 1.73 bits per heavy atom. The third-order valence-electron chi connectivity index (χ3n) is 2.53. The lowest BCUT2D eigenvalue weighted by atomic mass is 10.0. The smallest absolute Gasteiger partial charge is 0.127 e. The summed E-state index contributed by atoms with van der Waals surface area (Å²) in [6.07, 6.45) is 1.93. The van der Waals surface area contributed by atoms with Crippen molar-refractivity contribution < 1.29 is 15.3 Å². The van der Waals surface area contributed by atoms with Crippen LogP contribution in [-0.2, 0) is 0 Å². The highest BCUT2D eigenvalue weighted by Crippen LogP contribution is 2.39. The molecule has 0 spiro atoms. The third kappa shape index (κ3) is 2.27. The van der Waals surface area contributed by atoms with Gasteiger partial charge in [-0.25, -0.2) is 0 Å². The summed E-state index contributed by atoms with van der Waals surface area (Å²) in [7, 11) is 0. The summed E-state index contributed by atoms with van der Waals surface area (Å²) in [6, 6.07) is 2.49. The number of phenolic OH excluding ortho intramolecular Hbond substituents is 3. The molecule has 0 saturated carbocycles. The van der Waals surface area contributed by atoms with E-state index in [0.29, 0.717) is 5.56 Å². The van der Waals surface area contributed by atoms with E-state index in [1.165, 1.54) is 12.1 Å². The molecular formula is C10H14ClNO3. The molecule has 1 fully saturated rings. The molecule has 1 aromatic rings. The minimum atomic E-state index is -0.123. The Kier molecular flexibility index (Phi) is 3.66. The van der Waals surface area contributed by atoms with Crippen LogP contribution in [0.4, 0.5) is 0 Å². The molecular weight excluding hydrogens is 218 g/mol. The highest BCUT2D eigenvalue weighted by atomic mass is 35.5. The summed E-state index contributed by atoms with van der Waals surface area (Å²) in [4.78, 5) is 0. The summed E-state index contributed by atoms with van der Waals surface area (Å²) in [5.41, 5.74) is 0.486. The van der Waals surface area contributed by atoms with Gasteiger partial charge in [0.15, 0.2) is 0 Å². The largest absolute Gasteiger partial charge is 0.508 e. The number of nitrogens with one attached hydrogen (secondary N) is 1. The molecule has 4 N–H and O–H groups in total. The Bertz CT molecular complexity index is 328. The molecule has 2 rings (SSSR count). The van der Waals surface area contributed by atoms with Gasteiger partial charge >= 0.3 is 0 Å². The van der Waals surface area contributed by atoms with Crippen LogP contribution in [0.15, 0.2) is 12.1 Å². The summed E-state index contributed by atoms with van der Waals surface area (Å²) < 4.78 is 0. The van der Waals surface area contributed by atoms with Gasteiger partial charge in [0.2, 0.25) is 0 Å². The molecule has 1 aromatic carbocycles. The van der Waals surface area contributed by atoms with Crippen molar-refractivity contribution in [1.82, 2.24) is 5.32 Å². The van der Waals surface area contributed by atoms with Crippen LogP contribution in [-0.4, -0.2) is 21.9 Å². The fourth-order valence-corrected chi connectivity index (χ4v) is 1.90. The van der Waals surface area contributed by atoms with Crippen LogP contribution in [0.25, 0.3) is 0 Å². The van der Waals surface area contributed by atoms with E-state index in [1.807, 2.05) is 0 Å². The van der Waals surface area contributed by atoms with Crippen LogP contribution in [0.5, 0.6) is 17.2 Å². The van der Waals surface area contributed by atoms with Crippen molar-refractivity contribution in [3.63, 3.8) is 0 Å². The van der Waals surface area contributed by atoms with Crippen molar-refractivity contribution in [2.75, 3.05) is 6.54 Å². The van der Waals surface area contributed by atoms with E-state index < -0.39 is 0 Å². The highest BCUT2D eigenvalue weighted by molar-refractivity contribution is 5.85. The number of benzene rings is 1. The molecule has 15 heavy (non-hydrogen) atoms. The summed E-state index contributed by atoms with van der Waals surface area (Å²) in [5.74, 6) is -0.231. The third-order valence-corrected chi connectivity index (χ3v) is 2.53. The van der Waals surface area contributed by atoms with Gasteiger partial charge in [0.25, 0.3) is 0 Å². The predicted molar refractivity (Wildman–Crippen MR) is 58.7 cm³/mol. The van der Waals surface area contributed by atoms with Crippen molar-refractivity contribution in [3.8, 4) is 17.2 Å². The second kappa shape index (κ2) is 4.59. The lowest BCUT2D eigenvalue weighted by Crippen LogP contribution is -2.13. The van der Waals surface area contributed by atoms with Gasteiger partial charge in [-0.15, -0.1) is 12.4 Å². The van der Waals surface area contributed by atoms with Gasteiger partial charge < -0.3 is 20.6 Å². The topological polar surface area (TPSA) is 72.7 Å². The van der Waals surface area contributed by atoms with Crippen molar-refractivity contribution in [1.29, 1.82) is 0 Å². The van der Waals surface area contributed by atoms with E-state index >= 15 is 0 Å². The first-order chi connectivity index (χ1) is 6.68. The van der Waals surface area contributed by atoms with Gasteiger partial charge in [-0.05, 0) is 19.4 Å². The average molecular weight is 232 g/mol. The monoisotopic (exact) mass is 231 g/mol. The second-order valence-corrected chi connectivity index (χ2v) is 3.55. The maximum atomic E-state index is 9.57. The molecule has 4 nitrogen and oxygen atoms in total.